The van der Waals surface area contributed by atoms with Crippen molar-refractivity contribution in [1.82, 2.24) is 14.7 Å². The van der Waals surface area contributed by atoms with Crippen molar-refractivity contribution < 1.29 is 4.79 Å². The lowest BCUT2D eigenvalue weighted by atomic mass is 10.2. The fraction of sp³-hybridized carbons (Fsp3) is 0.312. The fourth-order valence-electron chi connectivity index (χ4n) is 2.68. The quantitative estimate of drug-likeness (QED) is 0.699. The van der Waals surface area contributed by atoms with Crippen molar-refractivity contribution in [3.8, 4) is 6.07 Å². The van der Waals surface area contributed by atoms with Crippen LogP contribution in [0.3, 0.4) is 0 Å². The molecule has 1 aliphatic carbocycles. The van der Waals surface area contributed by atoms with Crippen LogP contribution in [0.25, 0.3) is 11.7 Å². The SMILES string of the molecule is N#CC(=Cc1cn2cc(Cl)ccc2n1)C(=O)NC1CCCC1. The summed E-state index contributed by atoms with van der Waals surface area (Å²) in [5.74, 6) is -0.329. The van der Waals surface area contributed by atoms with Gasteiger partial charge in [-0.05, 0) is 31.1 Å². The van der Waals surface area contributed by atoms with Crippen LogP contribution in [0.15, 0.2) is 30.1 Å². The molecule has 5 nitrogen and oxygen atoms in total. The van der Waals surface area contributed by atoms with Crippen LogP contribution in [0.4, 0.5) is 0 Å². The van der Waals surface area contributed by atoms with Crippen LogP contribution in [0, 0.1) is 11.3 Å². The van der Waals surface area contributed by atoms with E-state index in [-0.39, 0.29) is 17.5 Å². The molecular formula is C16H15ClN4O. The molecule has 0 aliphatic heterocycles. The fourth-order valence-corrected chi connectivity index (χ4v) is 2.85. The zero-order valence-electron chi connectivity index (χ0n) is 11.9. The maximum Gasteiger partial charge on any atom is 0.262 e. The molecule has 2 heterocycles. The number of imidazole rings is 1. The molecule has 1 N–H and O–H groups in total. The van der Waals surface area contributed by atoms with Crippen molar-refractivity contribution >= 4 is 29.2 Å². The molecule has 112 valence electrons. The molecule has 1 amide bonds. The number of halogens is 1. The van der Waals surface area contributed by atoms with Gasteiger partial charge in [-0.2, -0.15) is 5.26 Å². The van der Waals surface area contributed by atoms with Crippen LogP contribution in [0.1, 0.15) is 31.4 Å². The van der Waals surface area contributed by atoms with E-state index in [1.165, 1.54) is 6.08 Å². The highest BCUT2D eigenvalue weighted by molar-refractivity contribution is 6.30. The van der Waals surface area contributed by atoms with Crippen molar-refractivity contribution in [2.24, 2.45) is 0 Å². The second-order valence-corrected chi connectivity index (χ2v) is 5.84. The molecule has 2 aromatic rings. The summed E-state index contributed by atoms with van der Waals surface area (Å²) >= 11 is 5.93. The summed E-state index contributed by atoms with van der Waals surface area (Å²) in [6.07, 6.45) is 9.20. The first-order valence-electron chi connectivity index (χ1n) is 7.22. The van der Waals surface area contributed by atoms with E-state index in [1.54, 1.807) is 28.9 Å². The van der Waals surface area contributed by atoms with Gasteiger partial charge in [0.25, 0.3) is 5.91 Å². The maximum atomic E-state index is 12.1. The molecule has 6 heteroatoms. The molecule has 0 unspecified atom stereocenters. The summed E-state index contributed by atoms with van der Waals surface area (Å²) < 4.78 is 1.76. The van der Waals surface area contributed by atoms with Gasteiger partial charge in [-0.1, -0.05) is 24.4 Å². The van der Waals surface area contributed by atoms with Gasteiger partial charge >= 0.3 is 0 Å². The molecule has 1 aliphatic rings. The average molecular weight is 315 g/mol. The first-order chi connectivity index (χ1) is 10.7. The number of pyridine rings is 1. The first-order valence-corrected chi connectivity index (χ1v) is 7.60. The Morgan fingerprint density at radius 3 is 2.91 bits per heavy atom. The number of hydrogen-bond donors (Lipinski definition) is 1. The zero-order chi connectivity index (χ0) is 15.5. The Hall–Kier alpha value is -2.32. The van der Waals surface area contributed by atoms with Gasteiger partial charge in [-0.25, -0.2) is 4.98 Å². The van der Waals surface area contributed by atoms with Crippen molar-refractivity contribution in [1.29, 1.82) is 5.26 Å². The van der Waals surface area contributed by atoms with Gasteiger partial charge < -0.3 is 9.72 Å². The highest BCUT2D eigenvalue weighted by Crippen LogP contribution is 2.18. The lowest BCUT2D eigenvalue weighted by Gasteiger charge is -2.10. The van der Waals surface area contributed by atoms with Gasteiger partial charge in [0.15, 0.2) is 0 Å². The van der Waals surface area contributed by atoms with E-state index in [9.17, 15) is 10.1 Å². The predicted molar refractivity (Wildman–Crippen MR) is 84.2 cm³/mol. The van der Waals surface area contributed by atoms with E-state index in [0.717, 1.165) is 25.7 Å². The predicted octanol–water partition coefficient (Wildman–Crippen LogP) is 2.95. The third kappa shape index (κ3) is 3.12. The van der Waals surface area contributed by atoms with Crippen molar-refractivity contribution in [2.45, 2.75) is 31.7 Å². The monoisotopic (exact) mass is 314 g/mol. The van der Waals surface area contributed by atoms with Crippen molar-refractivity contribution in [3.05, 3.63) is 40.8 Å². The van der Waals surface area contributed by atoms with E-state index >= 15 is 0 Å². The summed E-state index contributed by atoms with van der Waals surface area (Å²) in [6.45, 7) is 0. The lowest BCUT2D eigenvalue weighted by Crippen LogP contribution is -2.33. The highest BCUT2D eigenvalue weighted by Gasteiger charge is 2.19. The normalized spacial score (nSPS) is 15.9. The topological polar surface area (TPSA) is 70.2 Å². The van der Waals surface area contributed by atoms with Gasteiger partial charge in [0, 0.05) is 18.4 Å². The van der Waals surface area contributed by atoms with E-state index < -0.39 is 0 Å². The summed E-state index contributed by atoms with van der Waals surface area (Å²) in [5.41, 5.74) is 1.34. The lowest BCUT2D eigenvalue weighted by molar-refractivity contribution is -0.117. The van der Waals surface area contributed by atoms with Crippen LogP contribution < -0.4 is 5.32 Å². The van der Waals surface area contributed by atoms with Crippen LogP contribution in [-0.4, -0.2) is 21.3 Å². The van der Waals surface area contributed by atoms with Gasteiger partial charge in [-0.3, -0.25) is 4.79 Å². The minimum Gasteiger partial charge on any atom is -0.349 e. The average Bonchev–Trinajstić information content (AvgIpc) is 3.13. The standard InChI is InChI=1S/C16H15ClN4O/c17-12-5-6-15-19-14(10-21(15)9-12)7-11(8-18)16(22)20-13-3-1-2-4-13/h5-7,9-10,13H,1-4H2,(H,20,22). The maximum absolute atomic E-state index is 12.1. The van der Waals surface area contributed by atoms with Crippen LogP contribution >= 0.6 is 11.6 Å². The molecule has 0 atom stereocenters. The third-order valence-electron chi connectivity index (χ3n) is 3.78. The minimum atomic E-state index is -0.329. The Labute approximate surface area is 133 Å². The Morgan fingerprint density at radius 1 is 1.41 bits per heavy atom. The Balaban J connectivity index is 1.82. The van der Waals surface area contributed by atoms with Crippen molar-refractivity contribution in [2.75, 3.05) is 0 Å². The number of amides is 1. The number of carbonyl (C=O) groups is 1. The molecule has 3 rings (SSSR count). The third-order valence-corrected chi connectivity index (χ3v) is 4.00. The van der Waals surface area contributed by atoms with Gasteiger partial charge in [-0.15, -0.1) is 0 Å². The molecule has 22 heavy (non-hydrogen) atoms. The summed E-state index contributed by atoms with van der Waals surface area (Å²) in [5, 5.41) is 12.7. The molecule has 0 radical (unpaired) electrons. The molecule has 2 aromatic heterocycles. The van der Waals surface area contributed by atoms with E-state index in [0.29, 0.717) is 16.4 Å². The Bertz CT molecular complexity index is 781. The second kappa shape index (κ2) is 6.20. The number of fused-ring (bicyclic) bond motifs is 1. The first kappa shape index (κ1) is 14.6. The van der Waals surface area contributed by atoms with E-state index in [1.807, 2.05) is 6.07 Å². The Morgan fingerprint density at radius 2 is 2.18 bits per heavy atom. The number of hydrogen-bond acceptors (Lipinski definition) is 3. The van der Waals surface area contributed by atoms with E-state index in [4.69, 9.17) is 11.6 Å². The van der Waals surface area contributed by atoms with Crippen LogP contribution in [0.5, 0.6) is 0 Å². The zero-order valence-corrected chi connectivity index (χ0v) is 12.7. The molecule has 0 spiro atoms. The molecule has 0 saturated heterocycles. The number of carbonyl (C=O) groups excluding carboxylic acids is 1. The van der Waals surface area contributed by atoms with Gasteiger partial charge in [0.1, 0.15) is 17.3 Å². The summed E-state index contributed by atoms with van der Waals surface area (Å²) in [6, 6.07) is 5.67. The number of nitrogens with zero attached hydrogens (tertiary/aromatic N) is 3. The summed E-state index contributed by atoms with van der Waals surface area (Å²) in [4.78, 5) is 16.5. The summed E-state index contributed by atoms with van der Waals surface area (Å²) in [7, 11) is 0. The van der Waals surface area contributed by atoms with Gasteiger partial charge in [0.05, 0.1) is 10.7 Å². The number of nitriles is 1. The van der Waals surface area contributed by atoms with Crippen LogP contribution in [-0.2, 0) is 4.79 Å². The number of rotatable bonds is 3. The molecule has 0 aromatic carbocycles. The van der Waals surface area contributed by atoms with Crippen LogP contribution in [0.2, 0.25) is 5.02 Å². The van der Waals surface area contributed by atoms with E-state index in [2.05, 4.69) is 10.3 Å². The number of nitrogens with one attached hydrogen (secondary N) is 1. The molecule has 0 bridgehead atoms. The molecular weight excluding hydrogens is 300 g/mol. The minimum absolute atomic E-state index is 0.0707. The molecule has 1 fully saturated rings. The highest BCUT2D eigenvalue weighted by atomic mass is 35.5. The van der Waals surface area contributed by atoms with Crippen molar-refractivity contribution in [3.63, 3.8) is 0 Å². The smallest absolute Gasteiger partial charge is 0.262 e. The van der Waals surface area contributed by atoms with Gasteiger partial charge in [0.2, 0.25) is 0 Å². The Kier molecular flexibility index (Phi) is 4.12. The largest absolute Gasteiger partial charge is 0.349 e. The number of aromatic nitrogens is 2. The second-order valence-electron chi connectivity index (χ2n) is 5.40. The molecule has 1 saturated carbocycles.